The molecule has 1 fully saturated rings. The minimum absolute atomic E-state index is 0.0126. The third-order valence-electron chi connectivity index (χ3n) is 5.20. The molecule has 0 unspecified atom stereocenters. The number of carbonyl (C=O) groups is 4. The lowest BCUT2D eigenvalue weighted by Crippen LogP contribution is -2.44. The van der Waals surface area contributed by atoms with Crippen LogP contribution in [0.25, 0.3) is 0 Å². The van der Waals surface area contributed by atoms with Gasteiger partial charge in [-0.3, -0.25) is 19.2 Å². The number of nitrogens with zero attached hydrogens (tertiary/aromatic N) is 2. The predicted octanol–water partition coefficient (Wildman–Crippen LogP) is 2.83. The van der Waals surface area contributed by atoms with E-state index >= 15 is 0 Å². The molecule has 3 rings (SSSR count). The van der Waals surface area contributed by atoms with E-state index in [1.165, 1.54) is 36.4 Å². The second-order valence-electron chi connectivity index (χ2n) is 7.84. The summed E-state index contributed by atoms with van der Waals surface area (Å²) in [6.07, 6.45) is -2.60. The number of amides is 4. The van der Waals surface area contributed by atoms with Crippen molar-refractivity contribution in [1.29, 1.82) is 0 Å². The van der Waals surface area contributed by atoms with Crippen molar-refractivity contribution < 1.29 is 32.3 Å². The van der Waals surface area contributed by atoms with Gasteiger partial charge in [0.25, 0.3) is 0 Å². The summed E-state index contributed by atoms with van der Waals surface area (Å²) in [5.41, 5.74) is 6.28. The number of halogens is 3. The predicted molar refractivity (Wildman–Crippen MR) is 118 cm³/mol. The molecule has 180 valence electrons. The van der Waals surface area contributed by atoms with Crippen LogP contribution in [0.3, 0.4) is 0 Å². The molecule has 0 bridgehead atoms. The Morgan fingerprint density at radius 1 is 1.06 bits per heavy atom. The van der Waals surface area contributed by atoms with E-state index < -0.39 is 37.0 Å². The van der Waals surface area contributed by atoms with Crippen molar-refractivity contribution in [3.8, 4) is 0 Å². The van der Waals surface area contributed by atoms with Crippen LogP contribution in [0.15, 0.2) is 48.5 Å². The average molecular weight is 476 g/mol. The molecule has 0 spiro atoms. The summed E-state index contributed by atoms with van der Waals surface area (Å²) in [7, 11) is 0. The van der Waals surface area contributed by atoms with Crippen LogP contribution in [0.5, 0.6) is 0 Å². The number of benzene rings is 2. The Kier molecular flexibility index (Phi) is 7.54. The normalized spacial score (nSPS) is 14.0. The van der Waals surface area contributed by atoms with Gasteiger partial charge in [-0.25, -0.2) is 0 Å². The van der Waals surface area contributed by atoms with Crippen LogP contribution in [0, 0.1) is 0 Å². The maximum absolute atomic E-state index is 13.1. The fourth-order valence-electron chi connectivity index (χ4n) is 3.59. The number of alkyl halides is 3. The van der Waals surface area contributed by atoms with Crippen LogP contribution < -0.4 is 16.0 Å². The van der Waals surface area contributed by atoms with E-state index in [9.17, 15) is 32.3 Å². The third kappa shape index (κ3) is 6.56. The average Bonchev–Trinajstić information content (AvgIpc) is 2.78. The van der Waals surface area contributed by atoms with Crippen molar-refractivity contribution in [1.82, 2.24) is 4.90 Å². The number of nitrogens with one attached hydrogen (secondary N) is 1. The molecule has 0 aromatic heterocycles. The fraction of sp³-hybridized carbons (Fsp3) is 0.304. The first kappa shape index (κ1) is 24.7. The molecule has 11 heteroatoms. The second-order valence-corrected chi connectivity index (χ2v) is 7.84. The van der Waals surface area contributed by atoms with Gasteiger partial charge < -0.3 is 20.9 Å². The maximum atomic E-state index is 13.1. The van der Waals surface area contributed by atoms with Gasteiger partial charge in [0.2, 0.25) is 11.8 Å². The molecule has 8 nitrogen and oxygen atoms in total. The Hall–Kier alpha value is -3.89. The Morgan fingerprint density at radius 2 is 1.76 bits per heavy atom. The number of primary amides is 1. The molecule has 0 aliphatic carbocycles. The lowest BCUT2D eigenvalue weighted by molar-refractivity contribution is -0.164. The van der Waals surface area contributed by atoms with Crippen LogP contribution in [0.4, 0.5) is 24.5 Å². The topological polar surface area (TPSA) is 113 Å². The smallest absolute Gasteiger partial charge is 0.366 e. The first-order valence-electron chi connectivity index (χ1n) is 10.5. The summed E-state index contributed by atoms with van der Waals surface area (Å²) in [4.78, 5) is 50.3. The van der Waals surface area contributed by atoms with Gasteiger partial charge in [0.15, 0.2) is 0 Å². The molecule has 0 atom stereocenters. The van der Waals surface area contributed by atoms with Crippen LogP contribution in [0.2, 0.25) is 0 Å². The zero-order valence-electron chi connectivity index (χ0n) is 18.1. The summed E-state index contributed by atoms with van der Waals surface area (Å²) in [6, 6.07) is 11.6. The summed E-state index contributed by atoms with van der Waals surface area (Å²) < 4.78 is 39.3. The minimum atomic E-state index is -4.75. The Labute approximate surface area is 193 Å². The van der Waals surface area contributed by atoms with Crippen molar-refractivity contribution in [3.05, 3.63) is 59.7 Å². The largest absolute Gasteiger partial charge is 0.406 e. The van der Waals surface area contributed by atoms with E-state index in [0.717, 1.165) is 12.8 Å². The standard InChI is InChI=1S/C23H23F3N4O4/c24-23(25,26)14-29(13-15-4-3-5-16(12-15)20(27)32)22(34)21(33)28-17-7-9-18(10-8-17)30-11-2-1-6-19(30)31/h3-5,7-10,12H,1-2,6,11,13-14H2,(H2,27,32)(H,28,33). The highest BCUT2D eigenvalue weighted by Crippen LogP contribution is 2.23. The molecule has 1 saturated heterocycles. The first-order valence-corrected chi connectivity index (χ1v) is 10.5. The minimum Gasteiger partial charge on any atom is -0.366 e. The van der Waals surface area contributed by atoms with Crippen molar-refractivity contribution in [2.75, 3.05) is 23.3 Å². The number of rotatable bonds is 6. The van der Waals surface area contributed by atoms with Gasteiger partial charge >= 0.3 is 18.0 Å². The SMILES string of the molecule is NC(=O)c1cccc(CN(CC(F)(F)F)C(=O)C(=O)Nc2ccc(N3CCCCC3=O)cc2)c1. The highest BCUT2D eigenvalue weighted by molar-refractivity contribution is 6.39. The molecule has 1 aliphatic rings. The van der Waals surface area contributed by atoms with E-state index in [0.29, 0.717) is 23.6 Å². The maximum Gasteiger partial charge on any atom is 0.406 e. The number of hydrogen-bond donors (Lipinski definition) is 2. The van der Waals surface area contributed by atoms with Gasteiger partial charge in [0, 0.05) is 36.4 Å². The molecule has 1 heterocycles. The Bertz CT molecular complexity index is 1090. The summed E-state index contributed by atoms with van der Waals surface area (Å²) in [5, 5.41) is 2.29. The van der Waals surface area contributed by atoms with E-state index in [1.807, 2.05) is 0 Å². The van der Waals surface area contributed by atoms with Gasteiger partial charge in [-0.05, 0) is 54.8 Å². The fourth-order valence-corrected chi connectivity index (χ4v) is 3.59. The number of hydrogen-bond acceptors (Lipinski definition) is 4. The van der Waals surface area contributed by atoms with E-state index in [2.05, 4.69) is 5.32 Å². The summed E-state index contributed by atoms with van der Waals surface area (Å²) in [5.74, 6) is -3.43. The number of piperidine rings is 1. The number of anilines is 2. The molecule has 2 aromatic carbocycles. The van der Waals surface area contributed by atoms with Crippen LogP contribution in [0.1, 0.15) is 35.2 Å². The molecule has 0 radical (unpaired) electrons. The van der Waals surface area contributed by atoms with Crippen molar-refractivity contribution in [2.45, 2.75) is 32.0 Å². The third-order valence-corrected chi connectivity index (χ3v) is 5.20. The molecular formula is C23H23F3N4O4. The van der Waals surface area contributed by atoms with Gasteiger partial charge in [0.1, 0.15) is 6.54 Å². The highest BCUT2D eigenvalue weighted by Gasteiger charge is 2.35. The lowest BCUT2D eigenvalue weighted by Gasteiger charge is -2.27. The van der Waals surface area contributed by atoms with E-state index in [1.54, 1.807) is 17.0 Å². The zero-order valence-corrected chi connectivity index (χ0v) is 18.1. The molecule has 0 saturated carbocycles. The van der Waals surface area contributed by atoms with Crippen molar-refractivity contribution in [2.24, 2.45) is 5.73 Å². The Morgan fingerprint density at radius 3 is 2.38 bits per heavy atom. The van der Waals surface area contributed by atoms with Gasteiger partial charge in [-0.1, -0.05) is 12.1 Å². The molecule has 34 heavy (non-hydrogen) atoms. The summed E-state index contributed by atoms with van der Waals surface area (Å²) in [6.45, 7) is -1.63. The van der Waals surface area contributed by atoms with Gasteiger partial charge in [-0.2, -0.15) is 13.2 Å². The number of carbonyl (C=O) groups excluding carboxylic acids is 4. The first-order chi connectivity index (χ1) is 16.0. The molecule has 1 aliphatic heterocycles. The van der Waals surface area contributed by atoms with Gasteiger partial charge in [0.05, 0.1) is 0 Å². The monoisotopic (exact) mass is 476 g/mol. The van der Waals surface area contributed by atoms with Crippen LogP contribution in [-0.4, -0.2) is 47.8 Å². The zero-order chi connectivity index (χ0) is 24.9. The molecule has 2 aromatic rings. The Balaban J connectivity index is 1.71. The van der Waals surface area contributed by atoms with Gasteiger partial charge in [-0.15, -0.1) is 0 Å². The van der Waals surface area contributed by atoms with Crippen LogP contribution >= 0.6 is 0 Å². The second kappa shape index (κ2) is 10.4. The highest BCUT2D eigenvalue weighted by atomic mass is 19.4. The molecular weight excluding hydrogens is 453 g/mol. The summed E-state index contributed by atoms with van der Waals surface area (Å²) >= 11 is 0. The van der Waals surface area contributed by atoms with E-state index in [-0.39, 0.29) is 22.7 Å². The van der Waals surface area contributed by atoms with E-state index in [4.69, 9.17) is 5.73 Å². The molecule has 4 amide bonds. The molecule has 3 N–H and O–H groups in total. The quantitative estimate of drug-likeness (QED) is 0.625. The number of nitrogens with two attached hydrogens (primary N) is 1. The van der Waals surface area contributed by atoms with Crippen molar-refractivity contribution >= 4 is 35.0 Å². The van der Waals surface area contributed by atoms with Crippen LogP contribution in [-0.2, 0) is 20.9 Å². The lowest BCUT2D eigenvalue weighted by atomic mass is 10.1. The van der Waals surface area contributed by atoms with Crippen molar-refractivity contribution in [3.63, 3.8) is 0 Å².